The van der Waals surface area contributed by atoms with Crippen molar-refractivity contribution in [1.29, 1.82) is 0 Å². The van der Waals surface area contributed by atoms with E-state index in [9.17, 15) is 14.7 Å². The van der Waals surface area contributed by atoms with Gasteiger partial charge in [-0.05, 0) is 18.9 Å². The Bertz CT molecular complexity index is 505. The molecule has 1 N–H and O–H groups in total. The van der Waals surface area contributed by atoms with E-state index in [4.69, 9.17) is 9.47 Å². The van der Waals surface area contributed by atoms with Gasteiger partial charge in [0.25, 0.3) is 0 Å². The summed E-state index contributed by atoms with van der Waals surface area (Å²) in [5, 5.41) is 10.0. The molecule has 0 bridgehead atoms. The van der Waals surface area contributed by atoms with Gasteiger partial charge in [0, 0.05) is 6.54 Å². The lowest BCUT2D eigenvalue weighted by molar-refractivity contribution is -0.154. The lowest BCUT2D eigenvalue weighted by Crippen LogP contribution is -2.49. The largest absolute Gasteiger partial charge is 0.466 e. The minimum absolute atomic E-state index is 0.0805. The number of esters is 1. The van der Waals surface area contributed by atoms with E-state index in [1.54, 1.807) is 6.92 Å². The van der Waals surface area contributed by atoms with Crippen LogP contribution < -0.4 is 0 Å². The molecule has 2 atom stereocenters. The van der Waals surface area contributed by atoms with E-state index >= 15 is 0 Å². The molecule has 0 unspecified atom stereocenters. The van der Waals surface area contributed by atoms with Crippen molar-refractivity contribution in [3.05, 3.63) is 35.9 Å². The molecule has 1 saturated heterocycles. The number of carbonyl (C=O) groups excluding carboxylic acids is 2. The van der Waals surface area contributed by atoms with Crippen molar-refractivity contribution in [2.24, 2.45) is 5.92 Å². The van der Waals surface area contributed by atoms with Crippen LogP contribution in [0.2, 0.25) is 0 Å². The van der Waals surface area contributed by atoms with Crippen molar-refractivity contribution in [2.45, 2.75) is 26.1 Å². The molecule has 6 heteroatoms. The molecule has 1 aromatic carbocycles. The maximum Gasteiger partial charge on any atom is 0.410 e. The second kappa shape index (κ2) is 7.79. The number of hydrogen-bond donors (Lipinski definition) is 1. The summed E-state index contributed by atoms with van der Waals surface area (Å²) in [7, 11) is 0. The molecule has 22 heavy (non-hydrogen) atoms. The smallest absolute Gasteiger partial charge is 0.410 e. The van der Waals surface area contributed by atoms with E-state index in [1.807, 2.05) is 30.3 Å². The van der Waals surface area contributed by atoms with Crippen molar-refractivity contribution in [3.63, 3.8) is 0 Å². The summed E-state index contributed by atoms with van der Waals surface area (Å²) in [4.78, 5) is 25.1. The molecule has 1 aliphatic rings. The highest BCUT2D eigenvalue weighted by Crippen LogP contribution is 2.20. The topological polar surface area (TPSA) is 76.1 Å². The molecule has 0 saturated carbocycles. The van der Waals surface area contributed by atoms with Gasteiger partial charge in [-0.1, -0.05) is 30.3 Å². The first-order valence-corrected chi connectivity index (χ1v) is 7.42. The fourth-order valence-electron chi connectivity index (χ4n) is 2.43. The summed E-state index contributed by atoms with van der Waals surface area (Å²) in [6.07, 6.45) is -1.03. The number of hydrogen-bond acceptors (Lipinski definition) is 5. The number of ether oxygens (including phenoxy) is 2. The number of piperidine rings is 1. The van der Waals surface area contributed by atoms with E-state index in [1.165, 1.54) is 4.90 Å². The minimum atomic E-state index is -0.919. The van der Waals surface area contributed by atoms with Crippen LogP contribution in [-0.4, -0.2) is 47.9 Å². The van der Waals surface area contributed by atoms with Crippen molar-refractivity contribution >= 4 is 12.1 Å². The lowest BCUT2D eigenvalue weighted by atomic mass is 9.94. The molecule has 0 aromatic heterocycles. The number of aliphatic hydroxyl groups excluding tert-OH is 1. The zero-order chi connectivity index (χ0) is 15.9. The summed E-state index contributed by atoms with van der Waals surface area (Å²) in [6.45, 7) is 2.64. The second-order valence-corrected chi connectivity index (χ2v) is 5.20. The zero-order valence-electron chi connectivity index (χ0n) is 12.6. The molecule has 0 aliphatic carbocycles. The van der Waals surface area contributed by atoms with Gasteiger partial charge in [-0.25, -0.2) is 4.79 Å². The molecule has 1 amide bonds. The van der Waals surface area contributed by atoms with E-state index in [2.05, 4.69) is 0 Å². The first-order valence-electron chi connectivity index (χ1n) is 7.42. The minimum Gasteiger partial charge on any atom is -0.466 e. The Morgan fingerprint density at radius 1 is 1.27 bits per heavy atom. The summed E-state index contributed by atoms with van der Waals surface area (Å²) in [6, 6.07) is 9.38. The normalized spacial score (nSPS) is 21.3. The molecule has 1 aliphatic heterocycles. The molecular weight excluding hydrogens is 286 g/mol. The van der Waals surface area contributed by atoms with Gasteiger partial charge in [0.1, 0.15) is 6.61 Å². The summed E-state index contributed by atoms with van der Waals surface area (Å²) < 4.78 is 10.1. The zero-order valence-corrected chi connectivity index (χ0v) is 12.6. The van der Waals surface area contributed by atoms with E-state index in [0.29, 0.717) is 13.0 Å². The Kier molecular flexibility index (Phi) is 5.77. The second-order valence-electron chi connectivity index (χ2n) is 5.20. The fourth-order valence-corrected chi connectivity index (χ4v) is 2.43. The third-order valence-corrected chi connectivity index (χ3v) is 3.63. The highest BCUT2D eigenvalue weighted by Gasteiger charge is 2.36. The fraction of sp³-hybridized carbons (Fsp3) is 0.500. The third kappa shape index (κ3) is 4.21. The highest BCUT2D eigenvalue weighted by atomic mass is 16.6. The van der Waals surface area contributed by atoms with E-state index < -0.39 is 24.1 Å². The quantitative estimate of drug-likeness (QED) is 0.855. The highest BCUT2D eigenvalue weighted by molar-refractivity contribution is 5.74. The molecule has 1 heterocycles. The van der Waals surface area contributed by atoms with Crippen LogP contribution in [0.4, 0.5) is 4.79 Å². The van der Waals surface area contributed by atoms with Crippen LogP contribution in [0.5, 0.6) is 0 Å². The Morgan fingerprint density at radius 3 is 2.64 bits per heavy atom. The third-order valence-electron chi connectivity index (χ3n) is 3.63. The van der Waals surface area contributed by atoms with Crippen LogP contribution in [0.1, 0.15) is 18.9 Å². The number of aliphatic hydroxyl groups is 1. The number of carbonyl (C=O) groups is 2. The summed E-state index contributed by atoms with van der Waals surface area (Å²) in [5.41, 5.74) is 0.901. The Balaban J connectivity index is 1.82. The molecule has 6 nitrogen and oxygen atoms in total. The standard InChI is InChI=1S/C16H21NO5/c1-2-21-15(19)13-8-9-17(10-14(13)18)16(20)22-11-12-6-4-3-5-7-12/h3-7,13-14,18H,2,8-11H2,1H3/t13-,14+/m1/s1. The molecule has 0 radical (unpaired) electrons. The predicted molar refractivity (Wildman–Crippen MR) is 78.9 cm³/mol. The van der Waals surface area contributed by atoms with Gasteiger partial charge < -0.3 is 19.5 Å². The van der Waals surface area contributed by atoms with Gasteiger partial charge in [0.2, 0.25) is 0 Å². The van der Waals surface area contributed by atoms with Crippen molar-refractivity contribution in [3.8, 4) is 0 Å². The first kappa shape index (κ1) is 16.3. The van der Waals surface area contributed by atoms with Gasteiger partial charge in [-0.15, -0.1) is 0 Å². The SMILES string of the molecule is CCOC(=O)[C@@H]1CCN(C(=O)OCc2ccccc2)C[C@@H]1O. The van der Waals surface area contributed by atoms with Crippen LogP contribution in [0.3, 0.4) is 0 Å². The van der Waals surface area contributed by atoms with E-state index in [0.717, 1.165) is 5.56 Å². The number of rotatable bonds is 4. The van der Waals surface area contributed by atoms with Gasteiger partial charge >= 0.3 is 12.1 Å². The Hall–Kier alpha value is -2.08. The molecule has 0 spiro atoms. The monoisotopic (exact) mass is 307 g/mol. The van der Waals surface area contributed by atoms with Crippen molar-refractivity contribution < 1.29 is 24.2 Å². The first-order chi connectivity index (χ1) is 10.6. The van der Waals surface area contributed by atoms with Gasteiger partial charge in [-0.2, -0.15) is 0 Å². The van der Waals surface area contributed by atoms with Crippen LogP contribution in [-0.2, 0) is 20.9 Å². The van der Waals surface area contributed by atoms with Crippen molar-refractivity contribution in [2.75, 3.05) is 19.7 Å². The lowest BCUT2D eigenvalue weighted by Gasteiger charge is -2.33. The number of nitrogens with zero attached hydrogens (tertiary/aromatic N) is 1. The summed E-state index contributed by atoms with van der Waals surface area (Å²) >= 11 is 0. The number of benzene rings is 1. The molecule has 2 rings (SSSR count). The van der Waals surface area contributed by atoms with Crippen LogP contribution >= 0.6 is 0 Å². The number of likely N-dealkylation sites (tertiary alicyclic amines) is 1. The van der Waals surface area contributed by atoms with Gasteiger partial charge in [-0.3, -0.25) is 4.79 Å². The molecule has 1 fully saturated rings. The van der Waals surface area contributed by atoms with Crippen LogP contribution in [0, 0.1) is 5.92 Å². The van der Waals surface area contributed by atoms with Crippen LogP contribution in [0.25, 0.3) is 0 Å². The van der Waals surface area contributed by atoms with Gasteiger partial charge in [0.05, 0.1) is 25.2 Å². The average molecular weight is 307 g/mol. The predicted octanol–water partition coefficient (Wildman–Crippen LogP) is 1.57. The maximum atomic E-state index is 12.0. The molecule has 1 aromatic rings. The maximum absolute atomic E-state index is 12.0. The van der Waals surface area contributed by atoms with Gasteiger partial charge in [0.15, 0.2) is 0 Å². The number of β-amino-alcohol motifs (C(OH)–C–C–N with tert-alkyl or cyclic N) is 1. The molecular formula is C16H21NO5. The van der Waals surface area contributed by atoms with Crippen molar-refractivity contribution in [1.82, 2.24) is 4.90 Å². The van der Waals surface area contributed by atoms with Crippen LogP contribution in [0.15, 0.2) is 30.3 Å². The molecule has 120 valence electrons. The summed E-state index contributed by atoms with van der Waals surface area (Å²) in [5.74, 6) is -0.981. The average Bonchev–Trinajstić information content (AvgIpc) is 2.53. The Morgan fingerprint density at radius 2 is 2.00 bits per heavy atom. The van der Waals surface area contributed by atoms with E-state index in [-0.39, 0.29) is 19.8 Å². The number of amides is 1. The Labute approximate surface area is 129 Å².